The molecule has 126 valence electrons. The fourth-order valence-corrected chi connectivity index (χ4v) is 3.57. The molecule has 2 aliphatic rings. The molecule has 1 N–H and O–H groups in total. The molecule has 0 saturated carbocycles. The van der Waals surface area contributed by atoms with Crippen molar-refractivity contribution in [2.24, 2.45) is 0 Å². The minimum Gasteiger partial charge on any atom is -0.379 e. The van der Waals surface area contributed by atoms with E-state index in [4.69, 9.17) is 4.74 Å². The van der Waals surface area contributed by atoms with Crippen LogP contribution >= 0.6 is 0 Å². The van der Waals surface area contributed by atoms with E-state index in [1.165, 1.54) is 30.4 Å². The highest BCUT2D eigenvalue weighted by Crippen LogP contribution is 2.23. The van der Waals surface area contributed by atoms with Gasteiger partial charge in [0, 0.05) is 25.7 Å². The third-order valence-corrected chi connectivity index (χ3v) is 4.97. The van der Waals surface area contributed by atoms with Crippen LogP contribution in [0.1, 0.15) is 36.5 Å². The van der Waals surface area contributed by atoms with Crippen LogP contribution in [0.2, 0.25) is 0 Å². The summed E-state index contributed by atoms with van der Waals surface area (Å²) in [6.45, 7) is 6.62. The fraction of sp³-hybridized carbons (Fsp3) is 0.632. The number of morpholine rings is 1. The summed E-state index contributed by atoms with van der Waals surface area (Å²) in [5.41, 5.74) is 4.05. The Morgan fingerprint density at radius 3 is 2.83 bits per heavy atom. The fourth-order valence-electron chi connectivity index (χ4n) is 3.57. The lowest BCUT2D eigenvalue weighted by Gasteiger charge is -2.30. The summed E-state index contributed by atoms with van der Waals surface area (Å²) >= 11 is 0. The van der Waals surface area contributed by atoms with Crippen molar-refractivity contribution in [2.75, 3.05) is 32.8 Å². The first-order valence-electron chi connectivity index (χ1n) is 8.94. The summed E-state index contributed by atoms with van der Waals surface area (Å²) in [4.78, 5) is 14.8. The summed E-state index contributed by atoms with van der Waals surface area (Å²) in [7, 11) is 0. The standard InChI is InChI=1S/C19H28N2O2/c1-2-18(14-21-8-10-23-11-9-21)20-19(22)13-15-6-7-16-4-3-5-17(16)12-15/h6-7,12,18H,2-5,8-11,13-14H2,1H3,(H,20,22)/t18-/m0/s1. The van der Waals surface area contributed by atoms with E-state index < -0.39 is 0 Å². The molecule has 0 spiro atoms. The van der Waals surface area contributed by atoms with Gasteiger partial charge in [-0.2, -0.15) is 0 Å². The smallest absolute Gasteiger partial charge is 0.224 e. The van der Waals surface area contributed by atoms with Crippen LogP contribution < -0.4 is 5.32 Å². The number of nitrogens with zero attached hydrogens (tertiary/aromatic N) is 1. The minimum absolute atomic E-state index is 0.142. The summed E-state index contributed by atoms with van der Waals surface area (Å²) in [5, 5.41) is 3.21. The molecule has 1 heterocycles. The summed E-state index contributed by atoms with van der Waals surface area (Å²) in [6.07, 6.45) is 5.07. The molecule has 23 heavy (non-hydrogen) atoms. The van der Waals surface area contributed by atoms with Crippen LogP contribution in [0, 0.1) is 0 Å². The second-order valence-electron chi connectivity index (χ2n) is 6.72. The second kappa shape index (κ2) is 7.93. The molecular weight excluding hydrogens is 288 g/mol. The number of carbonyl (C=O) groups excluding carboxylic acids is 1. The molecule has 1 aliphatic heterocycles. The first-order chi connectivity index (χ1) is 11.2. The number of nitrogens with one attached hydrogen (secondary N) is 1. The number of carbonyl (C=O) groups is 1. The Morgan fingerprint density at radius 1 is 1.26 bits per heavy atom. The summed E-state index contributed by atoms with van der Waals surface area (Å²) in [5.74, 6) is 0.142. The van der Waals surface area contributed by atoms with Gasteiger partial charge in [0.05, 0.1) is 19.6 Å². The first kappa shape index (κ1) is 16.5. The molecule has 1 atom stereocenters. The molecule has 4 nitrogen and oxygen atoms in total. The third kappa shape index (κ3) is 4.55. The topological polar surface area (TPSA) is 41.6 Å². The van der Waals surface area contributed by atoms with Gasteiger partial charge in [-0.05, 0) is 42.4 Å². The van der Waals surface area contributed by atoms with E-state index in [-0.39, 0.29) is 11.9 Å². The SMILES string of the molecule is CC[C@@H](CN1CCOCC1)NC(=O)Cc1ccc2c(c1)CCC2. The predicted octanol–water partition coefficient (Wildman–Crippen LogP) is 1.94. The lowest BCUT2D eigenvalue weighted by atomic mass is 10.0. The Morgan fingerprint density at radius 2 is 2.04 bits per heavy atom. The average Bonchev–Trinajstić information content (AvgIpc) is 3.02. The molecular formula is C19H28N2O2. The Kier molecular flexibility index (Phi) is 5.68. The highest BCUT2D eigenvalue weighted by molar-refractivity contribution is 5.79. The summed E-state index contributed by atoms with van der Waals surface area (Å²) < 4.78 is 5.38. The Labute approximate surface area is 139 Å². The van der Waals surface area contributed by atoms with E-state index in [0.717, 1.165) is 44.8 Å². The molecule has 0 radical (unpaired) electrons. The molecule has 1 aromatic rings. The van der Waals surface area contributed by atoms with Crippen LogP contribution in [0.5, 0.6) is 0 Å². The number of ether oxygens (including phenoxy) is 1. The highest BCUT2D eigenvalue weighted by Gasteiger charge is 2.18. The predicted molar refractivity (Wildman–Crippen MR) is 91.7 cm³/mol. The number of rotatable bonds is 6. The van der Waals surface area contributed by atoms with Crippen molar-refractivity contribution in [3.63, 3.8) is 0 Å². The molecule has 1 saturated heterocycles. The monoisotopic (exact) mass is 316 g/mol. The minimum atomic E-state index is 0.142. The number of hydrogen-bond donors (Lipinski definition) is 1. The van der Waals surface area contributed by atoms with Crippen molar-refractivity contribution in [2.45, 2.75) is 45.1 Å². The van der Waals surface area contributed by atoms with Crippen LogP contribution in [0.3, 0.4) is 0 Å². The van der Waals surface area contributed by atoms with Crippen LogP contribution in [0.25, 0.3) is 0 Å². The molecule has 1 aliphatic carbocycles. The van der Waals surface area contributed by atoms with E-state index in [1.54, 1.807) is 0 Å². The van der Waals surface area contributed by atoms with Crippen molar-refractivity contribution in [3.05, 3.63) is 34.9 Å². The molecule has 0 aromatic heterocycles. The van der Waals surface area contributed by atoms with Crippen molar-refractivity contribution in [1.29, 1.82) is 0 Å². The third-order valence-electron chi connectivity index (χ3n) is 4.97. The maximum Gasteiger partial charge on any atom is 0.224 e. The molecule has 1 amide bonds. The van der Waals surface area contributed by atoms with Gasteiger partial charge < -0.3 is 10.1 Å². The van der Waals surface area contributed by atoms with E-state index in [9.17, 15) is 4.79 Å². The van der Waals surface area contributed by atoms with E-state index >= 15 is 0 Å². The molecule has 0 unspecified atom stereocenters. The van der Waals surface area contributed by atoms with Gasteiger partial charge in [0.15, 0.2) is 0 Å². The zero-order chi connectivity index (χ0) is 16.1. The maximum atomic E-state index is 12.4. The van der Waals surface area contributed by atoms with Gasteiger partial charge in [-0.1, -0.05) is 25.1 Å². The number of amides is 1. The number of hydrogen-bond acceptors (Lipinski definition) is 3. The molecule has 1 aromatic carbocycles. The lowest BCUT2D eigenvalue weighted by molar-refractivity contribution is -0.121. The van der Waals surface area contributed by atoms with Gasteiger partial charge in [-0.3, -0.25) is 9.69 Å². The van der Waals surface area contributed by atoms with Gasteiger partial charge in [0.25, 0.3) is 0 Å². The van der Waals surface area contributed by atoms with Gasteiger partial charge in [-0.25, -0.2) is 0 Å². The van der Waals surface area contributed by atoms with Crippen LogP contribution in [0.4, 0.5) is 0 Å². The van der Waals surface area contributed by atoms with E-state index in [2.05, 4.69) is 35.3 Å². The highest BCUT2D eigenvalue weighted by atomic mass is 16.5. The maximum absolute atomic E-state index is 12.4. The normalized spacial score (nSPS) is 19.3. The average molecular weight is 316 g/mol. The number of aryl methyl sites for hydroxylation is 2. The van der Waals surface area contributed by atoms with Gasteiger partial charge >= 0.3 is 0 Å². The van der Waals surface area contributed by atoms with Crippen molar-refractivity contribution < 1.29 is 9.53 Å². The largest absolute Gasteiger partial charge is 0.379 e. The van der Waals surface area contributed by atoms with Crippen LogP contribution in [-0.4, -0.2) is 49.7 Å². The number of fused-ring (bicyclic) bond motifs is 1. The quantitative estimate of drug-likeness (QED) is 0.872. The van der Waals surface area contributed by atoms with Crippen molar-refractivity contribution in [1.82, 2.24) is 10.2 Å². The zero-order valence-corrected chi connectivity index (χ0v) is 14.1. The van der Waals surface area contributed by atoms with Gasteiger partial charge in [-0.15, -0.1) is 0 Å². The Bertz CT molecular complexity index is 538. The summed E-state index contributed by atoms with van der Waals surface area (Å²) in [6, 6.07) is 6.78. The number of benzene rings is 1. The Balaban J connectivity index is 1.50. The van der Waals surface area contributed by atoms with Crippen LogP contribution in [0.15, 0.2) is 18.2 Å². The van der Waals surface area contributed by atoms with Gasteiger partial charge in [0.2, 0.25) is 5.91 Å². The van der Waals surface area contributed by atoms with E-state index in [1.807, 2.05) is 0 Å². The molecule has 1 fully saturated rings. The zero-order valence-electron chi connectivity index (χ0n) is 14.1. The van der Waals surface area contributed by atoms with Crippen LogP contribution in [-0.2, 0) is 28.8 Å². The molecule has 0 bridgehead atoms. The lowest BCUT2D eigenvalue weighted by Crippen LogP contribution is -2.47. The second-order valence-corrected chi connectivity index (χ2v) is 6.72. The van der Waals surface area contributed by atoms with Gasteiger partial charge in [0.1, 0.15) is 0 Å². The molecule has 4 heteroatoms. The molecule has 3 rings (SSSR count). The van der Waals surface area contributed by atoms with Crippen molar-refractivity contribution >= 4 is 5.91 Å². The first-order valence-corrected chi connectivity index (χ1v) is 8.94. The Hall–Kier alpha value is -1.39. The van der Waals surface area contributed by atoms with E-state index in [0.29, 0.717) is 6.42 Å². The van der Waals surface area contributed by atoms with Crippen molar-refractivity contribution in [3.8, 4) is 0 Å².